The summed E-state index contributed by atoms with van der Waals surface area (Å²) in [5.41, 5.74) is -8.27. The lowest BCUT2D eigenvalue weighted by molar-refractivity contribution is -0.144. The van der Waals surface area contributed by atoms with Crippen LogP contribution in [-0.4, -0.2) is 9.13 Å². The Hall–Kier alpha value is -8.71. The summed E-state index contributed by atoms with van der Waals surface area (Å²) in [7, 11) is 0. The van der Waals surface area contributed by atoms with Gasteiger partial charge in [0.05, 0.1) is 72.9 Å². The van der Waals surface area contributed by atoms with Gasteiger partial charge in [0.25, 0.3) is 0 Å². The first-order valence-electron chi connectivity index (χ1n) is 21.6. The molecular weight excluding hydrogens is 1000 g/mol. The zero-order chi connectivity index (χ0) is 53.0. The van der Waals surface area contributed by atoms with Gasteiger partial charge in [-0.1, -0.05) is 66.7 Å². The third-order valence-electron chi connectivity index (χ3n) is 12.7. The van der Waals surface area contributed by atoms with E-state index in [1.807, 2.05) is 0 Å². The summed E-state index contributed by atoms with van der Waals surface area (Å²) in [5, 5.41) is 22.9. The Morgan fingerprint density at radius 1 is 0.324 bits per heavy atom. The van der Waals surface area contributed by atoms with Crippen LogP contribution in [0.3, 0.4) is 0 Å². The van der Waals surface area contributed by atoms with Crippen molar-refractivity contribution in [3.63, 3.8) is 0 Å². The molecule has 0 aliphatic rings. The van der Waals surface area contributed by atoms with Gasteiger partial charge >= 0.3 is 30.9 Å². The van der Waals surface area contributed by atoms with Crippen LogP contribution in [0.5, 0.6) is 0 Å². The molecule has 0 aliphatic heterocycles. The summed E-state index contributed by atoms with van der Waals surface area (Å²) in [6.45, 7) is 0. The van der Waals surface area contributed by atoms with Gasteiger partial charge in [-0.15, -0.1) is 0 Å². The zero-order valence-electron chi connectivity index (χ0n) is 36.9. The molecule has 0 radical (unpaired) electrons. The van der Waals surface area contributed by atoms with E-state index in [1.165, 1.54) is 48.5 Å². The number of nitriles is 2. The molecule has 4 nitrogen and oxygen atoms in total. The summed E-state index contributed by atoms with van der Waals surface area (Å²) >= 11 is 0. The average molecular weight is 1030 g/mol. The normalized spacial score (nSPS) is 12.8. The van der Waals surface area contributed by atoms with E-state index in [4.69, 9.17) is 0 Å². The number of hydrogen-bond acceptors (Lipinski definition) is 2. The van der Waals surface area contributed by atoms with Crippen LogP contribution in [0.4, 0.5) is 65.9 Å². The van der Waals surface area contributed by atoms with Gasteiger partial charge in [0.1, 0.15) is 11.6 Å². The van der Waals surface area contributed by atoms with Crippen LogP contribution in [0.25, 0.3) is 88.4 Å². The second-order valence-electron chi connectivity index (χ2n) is 17.1. The van der Waals surface area contributed by atoms with E-state index < -0.39 is 75.4 Å². The molecule has 74 heavy (non-hydrogen) atoms. The number of hydrogen-bond donors (Lipinski definition) is 0. The van der Waals surface area contributed by atoms with Gasteiger partial charge in [0.2, 0.25) is 0 Å². The fraction of sp³-hybridized carbons (Fsp3) is 0.0909. The van der Waals surface area contributed by atoms with Crippen molar-refractivity contribution in [3.8, 4) is 56.9 Å². The van der Waals surface area contributed by atoms with Gasteiger partial charge in [-0.3, -0.25) is 0 Å². The first kappa shape index (κ1) is 48.9. The minimum atomic E-state index is -5.23. The van der Waals surface area contributed by atoms with Gasteiger partial charge in [-0.05, 0) is 118 Å². The summed E-state index contributed by atoms with van der Waals surface area (Å²) in [4.78, 5) is 0. The minimum Gasteiger partial charge on any atom is -0.308 e. The van der Waals surface area contributed by atoms with E-state index in [-0.39, 0.29) is 73.1 Å². The van der Waals surface area contributed by atoms with Crippen LogP contribution >= 0.6 is 0 Å². The van der Waals surface area contributed by atoms with Crippen molar-refractivity contribution >= 4 is 43.6 Å². The fourth-order valence-electron chi connectivity index (χ4n) is 9.51. The van der Waals surface area contributed by atoms with Gasteiger partial charge in [0, 0.05) is 21.5 Å². The monoisotopic (exact) mass is 1030 g/mol. The number of rotatable bonds is 5. The molecule has 10 rings (SSSR count). The molecule has 0 saturated heterocycles. The Morgan fingerprint density at radius 2 is 0.703 bits per heavy atom. The third kappa shape index (κ3) is 8.27. The molecule has 0 N–H and O–H groups in total. The standard InChI is InChI=1S/C55H25F15N4/c56-51(57,58)32-11-14-35(31(19-32)26-71)30-22-49(73-45-7-3-1-5-38(45)40-20-28(9-17-47(40)73)36-15-12-33(52(59,60)61)24-43(36)54(65,66)67)42(27-72)50(23-30)74-46-8-4-2-6-39(46)41-21-29(10-18-48(41)74)37-16-13-34(53(62,63)64)25-44(37)55(68,69)70/h1-25H. The zero-order valence-corrected chi connectivity index (χ0v) is 36.9. The van der Waals surface area contributed by atoms with Crippen LogP contribution < -0.4 is 0 Å². The topological polar surface area (TPSA) is 57.4 Å². The van der Waals surface area contributed by atoms with E-state index in [1.54, 1.807) is 63.7 Å². The summed E-state index contributed by atoms with van der Waals surface area (Å²) in [6.07, 6.45) is -25.6. The number of benzene rings is 8. The number of nitrogens with zero attached hydrogens (tertiary/aromatic N) is 4. The molecule has 8 aromatic carbocycles. The molecule has 19 heteroatoms. The molecule has 0 fully saturated rings. The lowest BCUT2D eigenvalue weighted by Gasteiger charge is -2.19. The molecule has 0 aliphatic carbocycles. The van der Waals surface area contributed by atoms with Crippen LogP contribution in [0.15, 0.2) is 152 Å². The highest BCUT2D eigenvalue weighted by Crippen LogP contribution is 2.47. The molecule has 0 unspecified atom stereocenters. The van der Waals surface area contributed by atoms with E-state index in [9.17, 15) is 76.4 Å². The highest BCUT2D eigenvalue weighted by molar-refractivity contribution is 6.12. The van der Waals surface area contributed by atoms with Crippen molar-refractivity contribution in [1.82, 2.24) is 9.13 Å². The molecular formula is C55H25F15N4. The second kappa shape index (κ2) is 16.9. The van der Waals surface area contributed by atoms with Gasteiger partial charge in [0.15, 0.2) is 0 Å². The molecule has 0 spiro atoms. The largest absolute Gasteiger partial charge is 0.417 e. The van der Waals surface area contributed by atoms with E-state index >= 15 is 0 Å². The fourth-order valence-corrected chi connectivity index (χ4v) is 9.51. The van der Waals surface area contributed by atoms with E-state index in [2.05, 4.69) is 6.07 Å². The number of halogens is 15. The highest BCUT2D eigenvalue weighted by Gasteiger charge is 2.40. The lowest BCUT2D eigenvalue weighted by Crippen LogP contribution is -2.12. The Balaban J connectivity index is 1.28. The van der Waals surface area contributed by atoms with E-state index in [0.29, 0.717) is 52.1 Å². The Kier molecular flexibility index (Phi) is 11.2. The molecule has 0 amide bonds. The third-order valence-corrected chi connectivity index (χ3v) is 12.7. The van der Waals surface area contributed by atoms with Crippen molar-refractivity contribution < 1.29 is 65.9 Å². The molecule has 0 bridgehead atoms. The SMILES string of the molecule is N#Cc1cc(C(F)(F)F)ccc1-c1cc(-n2c3ccccc3c3cc(-c4ccc(C(F)(F)F)cc4C(F)(F)F)ccc32)c(C#N)c(-n2c3ccccc3c3cc(-c4ccc(C(F)(F)F)cc4C(F)(F)F)ccc32)c1. The number of alkyl halides is 15. The second-order valence-corrected chi connectivity index (χ2v) is 17.1. The average Bonchev–Trinajstić information content (AvgIpc) is 3.86. The van der Waals surface area contributed by atoms with Gasteiger partial charge in [-0.2, -0.15) is 76.4 Å². The van der Waals surface area contributed by atoms with Crippen LogP contribution in [0.1, 0.15) is 38.9 Å². The maximum atomic E-state index is 14.5. The first-order chi connectivity index (χ1) is 34.8. The highest BCUT2D eigenvalue weighted by atomic mass is 19.4. The van der Waals surface area contributed by atoms with Crippen molar-refractivity contribution in [3.05, 3.63) is 191 Å². The van der Waals surface area contributed by atoms with Crippen molar-refractivity contribution in [2.75, 3.05) is 0 Å². The number of para-hydroxylation sites is 2. The maximum absolute atomic E-state index is 14.5. The van der Waals surface area contributed by atoms with Gasteiger partial charge in [-0.25, -0.2) is 0 Å². The molecule has 0 atom stereocenters. The van der Waals surface area contributed by atoms with Crippen LogP contribution in [-0.2, 0) is 30.9 Å². The van der Waals surface area contributed by atoms with Crippen molar-refractivity contribution in [2.24, 2.45) is 0 Å². The van der Waals surface area contributed by atoms with Crippen LogP contribution in [0.2, 0.25) is 0 Å². The minimum absolute atomic E-state index is 0.00960. The first-order valence-corrected chi connectivity index (χ1v) is 21.6. The predicted molar refractivity (Wildman–Crippen MR) is 246 cm³/mol. The van der Waals surface area contributed by atoms with E-state index in [0.717, 1.165) is 12.1 Å². The predicted octanol–water partition coefficient (Wildman–Crippen LogP) is 17.7. The smallest absolute Gasteiger partial charge is 0.308 e. The molecule has 2 heterocycles. The Labute approximate surface area is 406 Å². The van der Waals surface area contributed by atoms with Crippen LogP contribution in [0, 0.1) is 22.7 Å². The molecule has 0 saturated carbocycles. The van der Waals surface area contributed by atoms with Crippen molar-refractivity contribution in [2.45, 2.75) is 30.9 Å². The molecule has 10 aromatic rings. The number of fused-ring (bicyclic) bond motifs is 6. The Bertz CT molecular complexity index is 3820. The molecule has 2 aromatic heterocycles. The summed E-state index contributed by atoms with van der Waals surface area (Å²) in [6, 6.07) is 32.4. The van der Waals surface area contributed by atoms with Gasteiger partial charge < -0.3 is 9.13 Å². The quantitative estimate of drug-likeness (QED) is 0.161. The van der Waals surface area contributed by atoms with Crippen molar-refractivity contribution in [1.29, 1.82) is 10.5 Å². The summed E-state index contributed by atoms with van der Waals surface area (Å²) in [5.74, 6) is 0. The maximum Gasteiger partial charge on any atom is 0.417 e. The molecule has 370 valence electrons. The number of aromatic nitrogens is 2. The Morgan fingerprint density at radius 3 is 1.08 bits per heavy atom. The lowest BCUT2D eigenvalue weighted by atomic mass is 9.94. The summed E-state index contributed by atoms with van der Waals surface area (Å²) < 4.78 is 214.